The molecule has 0 radical (unpaired) electrons. The van der Waals surface area contributed by atoms with Gasteiger partial charge < -0.3 is 10.1 Å². The number of halogens is 1. The molecule has 0 spiro atoms. The fraction of sp³-hybridized carbons (Fsp3) is 0.278. The van der Waals surface area contributed by atoms with E-state index in [4.69, 9.17) is 4.74 Å². The third-order valence-electron chi connectivity index (χ3n) is 3.43. The zero-order valence-electron chi connectivity index (χ0n) is 12.8. The maximum absolute atomic E-state index is 12.0. The number of hydrogen-bond acceptors (Lipinski definition) is 2. The maximum atomic E-state index is 12.0. The van der Waals surface area contributed by atoms with E-state index in [0.29, 0.717) is 13.0 Å². The Morgan fingerprint density at radius 3 is 2.59 bits per heavy atom. The van der Waals surface area contributed by atoms with Crippen molar-refractivity contribution in [2.75, 3.05) is 6.61 Å². The van der Waals surface area contributed by atoms with Crippen molar-refractivity contribution in [2.45, 2.75) is 26.3 Å². The van der Waals surface area contributed by atoms with Crippen LogP contribution in [0.2, 0.25) is 0 Å². The van der Waals surface area contributed by atoms with Gasteiger partial charge in [-0.05, 0) is 37.1 Å². The molecule has 0 aliphatic carbocycles. The van der Waals surface area contributed by atoms with Crippen LogP contribution in [0.5, 0.6) is 5.75 Å². The average molecular weight is 362 g/mol. The van der Waals surface area contributed by atoms with Crippen LogP contribution in [-0.2, 0) is 4.79 Å². The quantitative estimate of drug-likeness (QED) is 0.827. The van der Waals surface area contributed by atoms with E-state index in [9.17, 15) is 4.79 Å². The van der Waals surface area contributed by atoms with Crippen LogP contribution in [0, 0.1) is 6.92 Å². The van der Waals surface area contributed by atoms with Crippen molar-refractivity contribution in [3.8, 4) is 5.75 Å². The standard InChI is InChI=1S/C18H20BrNO2/c1-13-7-3-6-10-17(13)22-12-11-18(21)20-14(2)15-8-4-5-9-16(15)19/h3-10,14H,11-12H2,1-2H3,(H,20,21)/t14-/m1/s1. The van der Waals surface area contributed by atoms with E-state index >= 15 is 0 Å². The SMILES string of the molecule is Cc1ccccc1OCCC(=O)N[C@H](C)c1ccccc1Br. The van der Waals surface area contributed by atoms with E-state index in [0.717, 1.165) is 21.3 Å². The van der Waals surface area contributed by atoms with Crippen molar-refractivity contribution in [3.63, 3.8) is 0 Å². The monoisotopic (exact) mass is 361 g/mol. The van der Waals surface area contributed by atoms with Gasteiger partial charge in [0, 0.05) is 4.47 Å². The molecule has 1 atom stereocenters. The van der Waals surface area contributed by atoms with Gasteiger partial charge in [0.05, 0.1) is 19.1 Å². The van der Waals surface area contributed by atoms with Crippen LogP contribution in [0.4, 0.5) is 0 Å². The second-order valence-corrected chi connectivity index (χ2v) is 6.03. The molecule has 0 aliphatic rings. The number of carbonyl (C=O) groups is 1. The van der Waals surface area contributed by atoms with Gasteiger partial charge in [-0.15, -0.1) is 0 Å². The molecular formula is C18H20BrNO2. The Labute approximate surface area is 139 Å². The highest BCUT2D eigenvalue weighted by Crippen LogP contribution is 2.22. The zero-order chi connectivity index (χ0) is 15.9. The van der Waals surface area contributed by atoms with Crippen molar-refractivity contribution in [1.29, 1.82) is 0 Å². The molecule has 0 saturated heterocycles. The minimum absolute atomic E-state index is 0.0168. The first-order chi connectivity index (χ1) is 10.6. The number of carbonyl (C=O) groups excluding carboxylic acids is 1. The molecule has 22 heavy (non-hydrogen) atoms. The van der Waals surface area contributed by atoms with E-state index in [2.05, 4.69) is 21.2 Å². The van der Waals surface area contributed by atoms with E-state index in [1.165, 1.54) is 0 Å². The number of para-hydroxylation sites is 1. The predicted molar refractivity (Wildman–Crippen MR) is 92.0 cm³/mol. The molecule has 0 aromatic heterocycles. The number of benzene rings is 2. The van der Waals surface area contributed by atoms with Crippen molar-refractivity contribution in [1.82, 2.24) is 5.32 Å². The lowest BCUT2D eigenvalue weighted by Crippen LogP contribution is -2.28. The van der Waals surface area contributed by atoms with Crippen LogP contribution >= 0.6 is 15.9 Å². The van der Waals surface area contributed by atoms with Crippen LogP contribution in [-0.4, -0.2) is 12.5 Å². The minimum atomic E-state index is -0.0402. The summed E-state index contributed by atoms with van der Waals surface area (Å²) in [6.07, 6.45) is 0.336. The summed E-state index contributed by atoms with van der Waals surface area (Å²) in [5.41, 5.74) is 2.14. The Hall–Kier alpha value is -1.81. The average Bonchev–Trinajstić information content (AvgIpc) is 2.49. The Bertz CT molecular complexity index is 642. The Kier molecular flexibility index (Phi) is 6.01. The van der Waals surface area contributed by atoms with Crippen LogP contribution in [0.1, 0.15) is 30.5 Å². The minimum Gasteiger partial charge on any atom is -0.493 e. The van der Waals surface area contributed by atoms with Gasteiger partial charge >= 0.3 is 0 Å². The van der Waals surface area contributed by atoms with Gasteiger partial charge in [-0.2, -0.15) is 0 Å². The van der Waals surface area contributed by atoms with Gasteiger partial charge in [0.2, 0.25) is 5.91 Å². The number of amides is 1. The lowest BCUT2D eigenvalue weighted by Gasteiger charge is -2.16. The highest BCUT2D eigenvalue weighted by atomic mass is 79.9. The molecule has 0 bridgehead atoms. The predicted octanol–water partition coefficient (Wildman–Crippen LogP) is 4.40. The Morgan fingerprint density at radius 2 is 1.86 bits per heavy atom. The first kappa shape index (κ1) is 16.6. The van der Waals surface area contributed by atoms with Crippen LogP contribution < -0.4 is 10.1 Å². The van der Waals surface area contributed by atoms with Crippen molar-refractivity contribution in [2.24, 2.45) is 0 Å². The number of nitrogens with one attached hydrogen (secondary N) is 1. The molecule has 0 heterocycles. The topological polar surface area (TPSA) is 38.3 Å². The Balaban J connectivity index is 1.81. The summed E-state index contributed by atoms with van der Waals surface area (Å²) >= 11 is 3.50. The lowest BCUT2D eigenvalue weighted by atomic mass is 10.1. The van der Waals surface area contributed by atoms with Crippen molar-refractivity contribution < 1.29 is 9.53 Å². The molecule has 3 nitrogen and oxygen atoms in total. The summed E-state index contributed by atoms with van der Waals surface area (Å²) < 4.78 is 6.65. The third-order valence-corrected chi connectivity index (χ3v) is 4.15. The highest BCUT2D eigenvalue weighted by molar-refractivity contribution is 9.10. The first-order valence-corrected chi connectivity index (χ1v) is 8.09. The van der Waals surface area contributed by atoms with Crippen LogP contribution in [0.25, 0.3) is 0 Å². The summed E-state index contributed by atoms with van der Waals surface area (Å²) in [5, 5.41) is 2.99. The van der Waals surface area contributed by atoms with E-state index in [-0.39, 0.29) is 11.9 Å². The van der Waals surface area contributed by atoms with E-state index in [1.54, 1.807) is 0 Å². The highest BCUT2D eigenvalue weighted by Gasteiger charge is 2.12. The van der Waals surface area contributed by atoms with Gasteiger partial charge in [0.25, 0.3) is 0 Å². The number of ether oxygens (including phenoxy) is 1. The molecule has 0 fully saturated rings. The lowest BCUT2D eigenvalue weighted by molar-refractivity contribution is -0.122. The summed E-state index contributed by atoms with van der Waals surface area (Å²) in [5.74, 6) is 0.811. The molecule has 0 aliphatic heterocycles. The molecular weight excluding hydrogens is 342 g/mol. The summed E-state index contributed by atoms with van der Waals surface area (Å²) in [6, 6.07) is 15.6. The molecule has 0 saturated carbocycles. The number of aryl methyl sites for hydroxylation is 1. The van der Waals surface area contributed by atoms with Crippen molar-refractivity contribution in [3.05, 3.63) is 64.1 Å². The normalized spacial score (nSPS) is 11.8. The zero-order valence-corrected chi connectivity index (χ0v) is 14.4. The molecule has 2 aromatic carbocycles. The van der Waals surface area contributed by atoms with Gasteiger partial charge in [0.1, 0.15) is 5.75 Å². The molecule has 0 unspecified atom stereocenters. The smallest absolute Gasteiger partial charge is 0.223 e. The molecule has 1 amide bonds. The van der Waals surface area contributed by atoms with E-state index < -0.39 is 0 Å². The summed E-state index contributed by atoms with van der Waals surface area (Å²) in [7, 11) is 0. The van der Waals surface area contributed by atoms with Crippen molar-refractivity contribution >= 4 is 21.8 Å². The largest absolute Gasteiger partial charge is 0.493 e. The molecule has 4 heteroatoms. The second-order valence-electron chi connectivity index (χ2n) is 5.17. The van der Waals surface area contributed by atoms with E-state index in [1.807, 2.05) is 62.4 Å². The molecule has 2 aromatic rings. The number of hydrogen-bond donors (Lipinski definition) is 1. The van der Waals surface area contributed by atoms with Crippen LogP contribution in [0.15, 0.2) is 53.0 Å². The Morgan fingerprint density at radius 1 is 1.18 bits per heavy atom. The van der Waals surface area contributed by atoms with Crippen LogP contribution in [0.3, 0.4) is 0 Å². The second kappa shape index (κ2) is 7.99. The molecule has 1 N–H and O–H groups in total. The summed E-state index contributed by atoms with van der Waals surface area (Å²) in [4.78, 5) is 12.0. The molecule has 2 rings (SSSR count). The fourth-order valence-electron chi connectivity index (χ4n) is 2.19. The molecule has 116 valence electrons. The first-order valence-electron chi connectivity index (χ1n) is 7.30. The summed E-state index contributed by atoms with van der Waals surface area (Å²) in [6.45, 7) is 4.34. The van der Waals surface area contributed by atoms with Gasteiger partial charge in [-0.1, -0.05) is 52.3 Å². The van der Waals surface area contributed by atoms with Gasteiger partial charge in [0.15, 0.2) is 0 Å². The van der Waals surface area contributed by atoms with Gasteiger partial charge in [-0.25, -0.2) is 0 Å². The number of rotatable bonds is 6. The maximum Gasteiger partial charge on any atom is 0.223 e. The third kappa shape index (κ3) is 4.60. The van der Waals surface area contributed by atoms with Gasteiger partial charge in [-0.3, -0.25) is 4.79 Å². The fourth-order valence-corrected chi connectivity index (χ4v) is 2.82.